The Hall–Kier alpha value is -2.02. The van der Waals surface area contributed by atoms with Crippen LogP contribution >= 0.6 is 0 Å². The Kier molecular flexibility index (Phi) is 5.46. The van der Waals surface area contributed by atoms with Crippen molar-refractivity contribution < 1.29 is 27.8 Å². The van der Waals surface area contributed by atoms with Crippen LogP contribution in [0.4, 0.5) is 18.0 Å². The number of halogens is 3. The van der Waals surface area contributed by atoms with Crippen LogP contribution in [0.5, 0.6) is 0 Å². The Balaban J connectivity index is 2.40. The first-order valence-corrected chi connectivity index (χ1v) is 8.05. The Morgan fingerprint density at radius 1 is 1.28 bits per heavy atom. The number of carbonyl (C=O) groups is 1. The lowest BCUT2D eigenvalue weighted by Gasteiger charge is -2.32. The minimum absolute atomic E-state index is 0.122. The molecule has 7 heteroatoms. The van der Waals surface area contributed by atoms with Crippen molar-refractivity contribution in [2.75, 3.05) is 6.54 Å². The normalized spacial score (nSPS) is 15.8. The third-order valence-electron chi connectivity index (χ3n) is 3.71. The summed E-state index contributed by atoms with van der Waals surface area (Å²) in [5.74, 6) is 0. The van der Waals surface area contributed by atoms with Gasteiger partial charge in [0.25, 0.3) is 0 Å². The van der Waals surface area contributed by atoms with Gasteiger partial charge in [-0.1, -0.05) is 12.1 Å². The molecule has 0 aliphatic carbocycles. The lowest BCUT2D eigenvalue weighted by atomic mass is 9.98. The SMILES string of the molecule is CC(C)(C)OC(=O)N1CCCC=C1c1ccc(C(F)(F)F)cc1CO. The summed E-state index contributed by atoms with van der Waals surface area (Å²) in [4.78, 5) is 13.9. The van der Waals surface area contributed by atoms with Gasteiger partial charge in [-0.05, 0) is 51.3 Å². The van der Waals surface area contributed by atoms with Crippen LogP contribution in [0.3, 0.4) is 0 Å². The second-order valence-electron chi connectivity index (χ2n) is 6.89. The summed E-state index contributed by atoms with van der Waals surface area (Å²) in [6.07, 6.45) is -1.83. The van der Waals surface area contributed by atoms with Crippen molar-refractivity contribution in [3.05, 3.63) is 41.0 Å². The molecule has 0 radical (unpaired) electrons. The number of benzene rings is 1. The average molecular weight is 357 g/mol. The summed E-state index contributed by atoms with van der Waals surface area (Å²) < 4.78 is 44.0. The van der Waals surface area contributed by atoms with Crippen molar-refractivity contribution in [3.8, 4) is 0 Å². The highest BCUT2D eigenvalue weighted by atomic mass is 19.4. The van der Waals surface area contributed by atoms with Gasteiger partial charge < -0.3 is 9.84 Å². The third-order valence-corrected chi connectivity index (χ3v) is 3.71. The number of allylic oxidation sites excluding steroid dienone is 1. The first kappa shape index (κ1) is 19.3. The number of hydrogen-bond acceptors (Lipinski definition) is 3. The van der Waals surface area contributed by atoms with Crippen LogP contribution < -0.4 is 0 Å². The lowest BCUT2D eigenvalue weighted by molar-refractivity contribution is -0.137. The van der Waals surface area contributed by atoms with Gasteiger partial charge >= 0.3 is 12.3 Å². The molecule has 1 aliphatic heterocycles. The van der Waals surface area contributed by atoms with Crippen molar-refractivity contribution in [3.63, 3.8) is 0 Å². The standard InChI is InChI=1S/C18H22F3NO3/c1-17(2,3)25-16(24)22-9-5-4-6-15(22)14-8-7-13(18(19,20)21)10-12(14)11-23/h6-8,10,23H,4-5,9,11H2,1-3H3. The quantitative estimate of drug-likeness (QED) is 0.843. The summed E-state index contributed by atoms with van der Waals surface area (Å²) in [5, 5.41) is 9.52. The van der Waals surface area contributed by atoms with Gasteiger partial charge in [0.15, 0.2) is 0 Å². The third kappa shape index (κ3) is 4.75. The van der Waals surface area contributed by atoms with Gasteiger partial charge in [-0.2, -0.15) is 13.2 Å². The van der Waals surface area contributed by atoms with E-state index in [0.29, 0.717) is 24.2 Å². The molecule has 0 saturated carbocycles. The highest BCUT2D eigenvalue weighted by Gasteiger charge is 2.32. The summed E-state index contributed by atoms with van der Waals surface area (Å²) in [6.45, 7) is 5.09. The summed E-state index contributed by atoms with van der Waals surface area (Å²) >= 11 is 0. The van der Waals surface area contributed by atoms with Gasteiger partial charge in [-0.25, -0.2) is 4.79 Å². The Morgan fingerprint density at radius 3 is 2.52 bits per heavy atom. The fraction of sp³-hybridized carbons (Fsp3) is 0.500. The fourth-order valence-corrected chi connectivity index (χ4v) is 2.63. The second kappa shape index (κ2) is 7.07. The minimum atomic E-state index is -4.49. The molecule has 138 valence electrons. The van der Waals surface area contributed by atoms with Crippen molar-refractivity contribution in [2.45, 2.75) is 52.0 Å². The van der Waals surface area contributed by atoms with Crippen LogP contribution in [0.1, 0.15) is 50.3 Å². The van der Waals surface area contributed by atoms with Gasteiger partial charge in [-0.3, -0.25) is 4.90 Å². The molecule has 2 rings (SSSR count). The number of nitrogens with zero attached hydrogens (tertiary/aromatic N) is 1. The van der Waals surface area contributed by atoms with Crippen molar-refractivity contribution in [1.29, 1.82) is 0 Å². The minimum Gasteiger partial charge on any atom is -0.443 e. The molecule has 1 N–H and O–H groups in total. The molecule has 0 fully saturated rings. The highest BCUT2D eigenvalue weighted by molar-refractivity contribution is 5.83. The van der Waals surface area contributed by atoms with E-state index < -0.39 is 30.0 Å². The molecular formula is C18H22F3NO3. The van der Waals surface area contributed by atoms with E-state index in [4.69, 9.17) is 4.74 Å². The van der Waals surface area contributed by atoms with E-state index >= 15 is 0 Å². The molecule has 1 aliphatic rings. The van der Waals surface area contributed by atoms with Crippen LogP contribution in [0.2, 0.25) is 0 Å². The average Bonchev–Trinajstić information content (AvgIpc) is 2.51. The predicted octanol–water partition coefficient (Wildman–Crippen LogP) is 4.57. The monoisotopic (exact) mass is 357 g/mol. The van der Waals surface area contributed by atoms with Crippen molar-refractivity contribution in [2.24, 2.45) is 0 Å². The fourth-order valence-electron chi connectivity index (χ4n) is 2.63. The number of carbonyl (C=O) groups excluding carboxylic acids is 1. The Labute approximate surface area is 144 Å². The van der Waals surface area contributed by atoms with E-state index in [1.165, 1.54) is 11.0 Å². The zero-order valence-corrected chi connectivity index (χ0v) is 14.5. The molecular weight excluding hydrogens is 335 g/mol. The molecule has 0 saturated heterocycles. The van der Waals surface area contributed by atoms with Crippen molar-refractivity contribution in [1.82, 2.24) is 4.90 Å². The van der Waals surface area contributed by atoms with Crippen LogP contribution in [0.25, 0.3) is 5.70 Å². The number of hydrogen-bond donors (Lipinski definition) is 1. The van der Waals surface area contributed by atoms with E-state index in [-0.39, 0.29) is 5.56 Å². The maximum absolute atomic E-state index is 12.9. The summed E-state index contributed by atoms with van der Waals surface area (Å²) in [7, 11) is 0. The van der Waals surface area contributed by atoms with E-state index in [1.807, 2.05) is 0 Å². The molecule has 0 atom stereocenters. The largest absolute Gasteiger partial charge is 0.443 e. The van der Waals surface area contributed by atoms with Gasteiger partial charge in [0.05, 0.1) is 17.9 Å². The molecule has 0 aromatic heterocycles. The van der Waals surface area contributed by atoms with Crippen LogP contribution in [-0.4, -0.2) is 28.2 Å². The highest BCUT2D eigenvalue weighted by Crippen LogP contribution is 2.34. The van der Waals surface area contributed by atoms with Crippen LogP contribution in [0, 0.1) is 0 Å². The summed E-state index contributed by atoms with van der Waals surface area (Å²) in [6, 6.07) is 3.16. The van der Waals surface area contributed by atoms with Gasteiger partial charge in [0.1, 0.15) is 5.60 Å². The van der Waals surface area contributed by atoms with Crippen molar-refractivity contribution >= 4 is 11.8 Å². The zero-order chi connectivity index (χ0) is 18.8. The topological polar surface area (TPSA) is 49.8 Å². The smallest absolute Gasteiger partial charge is 0.416 e. The Bertz CT molecular complexity index is 675. The van der Waals surface area contributed by atoms with Gasteiger partial charge in [0, 0.05) is 12.1 Å². The number of amides is 1. The lowest BCUT2D eigenvalue weighted by Crippen LogP contribution is -2.37. The number of ether oxygens (including phenoxy) is 1. The van der Waals surface area contributed by atoms with Crippen LogP contribution in [0.15, 0.2) is 24.3 Å². The predicted molar refractivity (Wildman–Crippen MR) is 87.5 cm³/mol. The molecule has 1 heterocycles. The molecule has 0 unspecified atom stereocenters. The molecule has 25 heavy (non-hydrogen) atoms. The maximum atomic E-state index is 12.9. The number of alkyl halides is 3. The molecule has 4 nitrogen and oxygen atoms in total. The molecule has 0 spiro atoms. The molecule has 1 aromatic carbocycles. The van der Waals surface area contributed by atoms with E-state index in [9.17, 15) is 23.1 Å². The number of rotatable bonds is 2. The zero-order valence-electron chi connectivity index (χ0n) is 14.5. The summed E-state index contributed by atoms with van der Waals surface area (Å²) in [5.41, 5.74) is -0.518. The maximum Gasteiger partial charge on any atom is 0.416 e. The second-order valence-corrected chi connectivity index (χ2v) is 6.89. The van der Waals surface area contributed by atoms with Crippen LogP contribution in [-0.2, 0) is 17.5 Å². The van der Waals surface area contributed by atoms with E-state index in [0.717, 1.165) is 18.6 Å². The molecule has 0 bridgehead atoms. The van der Waals surface area contributed by atoms with Gasteiger partial charge in [0.2, 0.25) is 0 Å². The van der Waals surface area contributed by atoms with Gasteiger partial charge in [-0.15, -0.1) is 0 Å². The molecule has 1 amide bonds. The molecule has 1 aromatic rings. The van der Waals surface area contributed by atoms with E-state index in [2.05, 4.69) is 0 Å². The number of aliphatic hydroxyl groups is 1. The first-order valence-electron chi connectivity index (χ1n) is 8.05. The number of aliphatic hydroxyl groups excluding tert-OH is 1. The van der Waals surface area contributed by atoms with E-state index in [1.54, 1.807) is 26.8 Å². The Morgan fingerprint density at radius 2 is 1.96 bits per heavy atom. The first-order chi connectivity index (χ1) is 11.5.